The summed E-state index contributed by atoms with van der Waals surface area (Å²) in [4.78, 5) is 4.12. The molecular weight excluding hydrogens is 887 g/mol. The maximum Gasteiger partial charge on any atom is 0.295 e. The number of ether oxygens (including phenoxy) is 5. The van der Waals surface area contributed by atoms with Gasteiger partial charge in [-0.15, -0.1) is 0 Å². The first-order chi connectivity index (χ1) is 26.9. The van der Waals surface area contributed by atoms with Crippen molar-refractivity contribution in [3.05, 3.63) is 146 Å². The normalized spacial score (nSPS) is 10.5. The number of methoxy groups -OCH3 is 5. The van der Waals surface area contributed by atoms with Gasteiger partial charge in [0.2, 0.25) is 0 Å². The third-order valence-electron chi connectivity index (χ3n) is 8.28. The summed E-state index contributed by atoms with van der Waals surface area (Å²) in [7, 11) is 2.62. The van der Waals surface area contributed by atoms with E-state index in [1.807, 2.05) is 118 Å². The van der Waals surface area contributed by atoms with Gasteiger partial charge in [-0.1, -0.05) is 81.4 Å². The Morgan fingerprint density at radius 2 is 0.948 bits per heavy atom. The molecule has 1 atom stereocenters. The largest absolute Gasteiger partial charge is 0.507 e. The Balaban J connectivity index is 0.000000343. The summed E-state index contributed by atoms with van der Waals surface area (Å²) in [6.07, 6.45) is 0. The minimum atomic E-state index is -4.21. The molecule has 1 heterocycles. The molecule has 0 saturated heterocycles. The summed E-state index contributed by atoms with van der Waals surface area (Å²) in [5.41, 5.74) is 2.97. The Morgan fingerprint density at radius 3 is 1.38 bits per heavy atom. The van der Waals surface area contributed by atoms with Crippen molar-refractivity contribution in [2.24, 2.45) is 0 Å². The number of pyridine rings is 1. The van der Waals surface area contributed by atoms with Gasteiger partial charge in [-0.2, -0.15) is 8.42 Å². The van der Waals surface area contributed by atoms with Crippen LogP contribution in [0.15, 0.2) is 126 Å². The molecule has 58 heavy (non-hydrogen) atoms. The van der Waals surface area contributed by atoms with E-state index in [4.69, 9.17) is 23.7 Å². The number of para-hydroxylation sites is 2. The first kappa shape index (κ1) is 49.6. The van der Waals surface area contributed by atoms with Crippen molar-refractivity contribution in [3.63, 3.8) is 0 Å². The number of rotatable bonds is 11. The summed E-state index contributed by atoms with van der Waals surface area (Å²) in [6, 6.07) is 36.9. The number of hydrogen-bond acceptors (Lipinski definition) is 9. The van der Waals surface area contributed by atoms with Crippen LogP contribution in [0.4, 0.5) is 0 Å². The van der Waals surface area contributed by atoms with Crippen LogP contribution >= 0.6 is 16.5 Å². The van der Waals surface area contributed by atoms with Crippen LogP contribution in [0, 0.1) is 28.2 Å². The van der Waals surface area contributed by atoms with E-state index in [0.717, 1.165) is 38.2 Å². The van der Waals surface area contributed by atoms with Gasteiger partial charge in [0.15, 0.2) is 0 Å². The van der Waals surface area contributed by atoms with E-state index in [1.54, 1.807) is 53.7 Å². The van der Waals surface area contributed by atoms with Gasteiger partial charge in [-0.3, -0.25) is 9.54 Å². The molecule has 0 spiro atoms. The molecule has 6 aromatic rings. The number of phenols is 1. The molecule has 5 aromatic carbocycles. The standard InChI is InChI=1S/C23H25O5P.C13H13O4PS.C7H9N.CH3.Pd/c1-15-9-6-14-20(21(15)24)29(22-16(25-2)10-7-11-17(22)26-3)23-18(27-4)12-8-13-19(23)28-5;1-17-10-6-2-3-7-11(10)18-12-8-4-5-9-13(12)19(14,15)16;1-6-4-3-5-7(2)8-6;;/h6-14,24H,1-5H3;2-9,18H,1H3,(H,14,15,16);3-5H,1-2H3;1H3;/q;;;-1;. The van der Waals surface area contributed by atoms with Gasteiger partial charge in [0, 0.05) is 50.3 Å². The molecule has 0 aliphatic rings. The summed E-state index contributed by atoms with van der Waals surface area (Å²) in [5, 5.41) is 14.9. The van der Waals surface area contributed by atoms with Crippen molar-refractivity contribution in [2.75, 3.05) is 35.5 Å². The van der Waals surface area contributed by atoms with Crippen LogP contribution in [-0.4, -0.2) is 58.6 Å². The Bertz CT molecular complexity index is 2230. The Labute approximate surface area is 359 Å². The third kappa shape index (κ3) is 12.7. The van der Waals surface area contributed by atoms with E-state index in [2.05, 4.69) is 4.98 Å². The van der Waals surface area contributed by atoms with Gasteiger partial charge in [-0.05, 0) is 80.2 Å². The SMILES string of the molecule is COc1cccc(OC)c1P(c1cccc(C)c1O)c1c(OC)cccc1OC.COc1ccccc1Pc1ccccc1S(=O)(=O)O.Cc1cccc(C)n1.[CH3-].[Pd]. The minimum absolute atomic E-state index is 0. The zero-order valence-corrected chi connectivity index (χ0v) is 38.2. The van der Waals surface area contributed by atoms with Crippen LogP contribution in [0.2, 0.25) is 0 Å². The molecule has 0 radical (unpaired) electrons. The molecule has 0 fully saturated rings. The number of aromatic nitrogens is 1. The van der Waals surface area contributed by atoms with E-state index in [9.17, 15) is 18.1 Å². The number of hydrogen-bond donors (Lipinski definition) is 2. The van der Waals surface area contributed by atoms with Crippen LogP contribution in [-0.2, 0) is 30.5 Å². The molecule has 14 heteroatoms. The molecular formula is C44H50NO9P2PdS-. The molecule has 2 N–H and O–H groups in total. The van der Waals surface area contributed by atoms with Crippen LogP contribution in [0.25, 0.3) is 0 Å². The second kappa shape index (κ2) is 23.8. The molecule has 312 valence electrons. The van der Waals surface area contributed by atoms with Gasteiger partial charge in [0.25, 0.3) is 10.1 Å². The number of phenolic OH excluding ortho intramolecular Hbond substituents is 1. The van der Waals surface area contributed by atoms with Crippen molar-refractivity contribution < 1.29 is 62.2 Å². The summed E-state index contributed by atoms with van der Waals surface area (Å²) in [6.45, 7) is 5.87. The van der Waals surface area contributed by atoms with Crippen molar-refractivity contribution in [2.45, 2.75) is 25.7 Å². The van der Waals surface area contributed by atoms with Crippen LogP contribution < -0.4 is 50.2 Å². The zero-order chi connectivity index (χ0) is 40.8. The van der Waals surface area contributed by atoms with E-state index in [1.165, 1.54) is 6.07 Å². The van der Waals surface area contributed by atoms with Crippen molar-refractivity contribution in [3.8, 4) is 34.5 Å². The summed E-state index contributed by atoms with van der Waals surface area (Å²) >= 11 is 0. The average Bonchev–Trinajstić information content (AvgIpc) is 3.20. The van der Waals surface area contributed by atoms with Crippen LogP contribution in [0.1, 0.15) is 17.0 Å². The Kier molecular flexibility index (Phi) is 20.3. The quantitative estimate of drug-likeness (QED) is 0.0595. The van der Waals surface area contributed by atoms with Crippen molar-refractivity contribution in [1.82, 2.24) is 4.98 Å². The number of aryl methyl sites for hydroxylation is 3. The topological polar surface area (TPSA) is 134 Å². The van der Waals surface area contributed by atoms with Crippen molar-refractivity contribution in [1.29, 1.82) is 0 Å². The molecule has 0 aliphatic carbocycles. The predicted octanol–water partition coefficient (Wildman–Crippen LogP) is 7.21. The van der Waals surface area contributed by atoms with E-state index >= 15 is 0 Å². The minimum Gasteiger partial charge on any atom is -0.507 e. The maximum absolute atomic E-state index is 11.3. The van der Waals surface area contributed by atoms with Crippen LogP contribution in [0.3, 0.4) is 0 Å². The van der Waals surface area contributed by atoms with E-state index in [-0.39, 0.29) is 47.1 Å². The van der Waals surface area contributed by atoms with Gasteiger partial charge in [0.1, 0.15) is 39.4 Å². The van der Waals surface area contributed by atoms with Gasteiger partial charge < -0.3 is 36.2 Å². The van der Waals surface area contributed by atoms with Gasteiger partial charge >= 0.3 is 0 Å². The second-order valence-corrected chi connectivity index (χ2v) is 16.8. The molecule has 0 aliphatic heterocycles. The predicted molar refractivity (Wildman–Crippen MR) is 235 cm³/mol. The van der Waals surface area contributed by atoms with Crippen molar-refractivity contribution >= 4 is 53.1 Å². The first-order valence-corrected chi connectivity index (χ1v) is 21.0. The number of nitrogens with zero attached hydrogens (tertiary/aromatic N) is 1. The molecule has 1 aromatic heterocycles. The molecule has 0 amide bonds. The number of aromatic hydroxyl groups is 1. The molecule has 0 saturated carbocycles. The molecule has 6 rings (SSSR count). The fourth-order valence-electron chi connectivity index (χ4n) is 5.65. The van der Waals surface area contributed by atoms with E-state index < -0.39 is 18.0 Å². The molecule has 10 nitrogen and oxygen atoms in total. The maximum atomic E-state index is 11.3. The number of benzene rings is 5. The average molecular weight is 937 g/mol. The van der Waals surface area contributed by atoms with Gasteiger partial charge in [0.05, 0.1) is 46.2 Å². The smallest absolute Gasteiger partial charge is 0.295 e. The Morgan fingerprint density at radius 1 is 0.552 bits per heavy atom. The monoisotopic (exact) mass is 936 g/mol. The molecule has 0 bridgehead atoms. The zero-order valence-electron chi connectivity index (χ0n) is 33.9. The summed E-state index contributed by atoms with van der Waals surface area (Å²) in [5.74, 6) is 3.62. The first-order valence-electron chi connectivity index (χ1n) is 17.3. The van der Waals surface area contributed by atoms with Gasteiger partial charge in [-0.25, -0.2) is 0 Å². The van der Waals surface area contributed by atoms with Crippen LogP contribution in [0.5, 0.6) is 34.5 Å². The van der Waals surface area contributed by atoms with E-state index in [0.29, 0.717) is 34.1 Å². The second-order valence-electron chi connectivity index (χ2n) is 12.0. The third-order valence-corrected chi connectivity index (χ3v) is 13.4. The molecule has 1 unspecified atom stereocenters. The fraction of sp³-hybridized carbons (Fsp3) is 0.182. The fourth-order valence-corrected chi connectivity index (χ4v) is 10.8. The Hall–Kier alpha value is -4.52. The summed E-state index contributed by atoms with van der Waals surface area (Å²) < 4.78 is 59.9.